The highest BCUT2D eigenvalue weighted by molar-refractivity contribution is 9.10. The van der Waals surface area contributed by atoms with Crippen molar-refractivity contribution in [3.8, 4) is 0 Å². The van der Waals surface area contributed by atoms with Crippen LogP contribution >= 0.6 is 15.9 Å². The van der Waals surface area contributed by atoms with E-state index in [9.17, 15) is 4.79 Å². The molecule has 5 heteroatoms. The minimum absolute atomic E-state index is 0.275. The molecule has 14 heavy (non-hydrogen) atoms. The molecule has 0 atom stereocenters. The lowest BCUT2D eigenvalue weighted by Crippen LogP contribution is -2.29. The van der Waals surface area contributed by atoms with Gasteiger partial charge >= 0.3 is 5.97 Å². The largest absolute Gasteiger partial charge is 0.465 e. The van der Waals surface area contributed by atoms with Crippen LogP contribution in [0.4, 0.5) is 0 Å². The molecular formula is C9H11BrN2O2. The minimum atomic E-state index is -0.275. The Morgan fingerprint density at radius 3 is 3.21 bits per heavy atom. The first-order chi connectivity index (χ1) is 6.74. The van der Waals surface area contributed by atoms with Gasteiger partial charge in [0.05, 0.1) is 17.3 Å². The third-order valence-electron chi connectivity index (χ3n) is 2.37. The van der Waals surface area contributed by atoms with Gasteiger partial charge in [0.2, 0.25) is 0 Å². The van der Waals surface area contributed by atoms with Crippen LogP contribution in [-0.2, 0) is 17.8 Å². The van der Waals surface area contributed by atoms with Gasteiger partial charge in [-0.1, -0.05) is 0 Å². The fraction of sp³-hybridized carbons (Fsp3) is 0.444. The number of ether oxygens (including phenoxy) is 1. The van der Waals surface area contributed by atoms with Gasteiger partial charge in [-0.15, -0.1) is 0 Å². The quantitative estimate of drug-likeness (QED) is 0.769. The smallest absolute Gasteiger partial charge is 0.339 e. The third-order valence-corrected chi connectivity index (χ3v) is 3.02. The van der Waals surface area contributed by atoms with Crippen LogP contribution in [-0.4, -0.2) is 24.2 Å². The summed E-state index contributed by atoms with van der Waals surface area (Å²) in [5.74, 6) is -0.275. The second-order valence-electron chi connectivity index (χ2n) is 3.15. The van der Waals surface area contributed by atoms with E-state index in [1.54, 1.807) is 0 Å². The highest BCUT2D eigenvalue weighted by Crippen LogP contribution is 2.23. The van der Waals surface area contributed by atoms with Crippen molar-refractivity contribution in [3.63, 3.8) is 0 Å². The van der Waals surface area contributed by atoms with Gasteiger partial charge in [0.1, 0.15) is 0 Å². The van der Waals surface area contributed by atoms with E-state index in [0.717, 1.165) is 29.9 Å². The van der Waals surface area contributed by atoms with Crippen LogP contribution in [0.3, 0.4) is 0 Å². The Labute approximate surface area is 90.4 Å². The number of nitrogens with zero attached hydrogens (tertiary/aromatic N) is 1. The molecule has 1 aromatic heterocycles. The SMILES string of the molecule is COC(=O)c1cc(Br)n2c1CNCC2. The highest BCUT2D eigenvalue weighted by Gasteiger charge is 2.21. The van der Waals surface area contributed by atoms with Crippen LogP contribution in [0.25, 0.3) is 0 Å². The number of halogens is 1. The first-order valence-electron chi connectivity index (χ1n) is 4.41. The normalized spacial score (nSPS) is 15.0. The van der Waals surface area contributed by atoms with Gasteiger partial charge in [-0.2, -0.15) is 0 Å². The molecule has 0 saturated heterocycles. The molecule has 4 nitrogen and oxygen atoms in total. The lowest BCUT2D eigenvalue weighted by Gasteiger charge is -2.18. The van der Waals surface area contributed by atoms with E-state index in [1.165, 1.54) is 7.11 Å². The Balaban J connectivity index is 2.46. The van der Waals surface area contributed by atoms with E-state index in [2.05, 4.69) is 25.8 Å². The van der Waals surface area contributed by atoms with Crippen molar-refractivity contribution in [2.75, 3.05) is 13.7 Å². The van der Waals surface area contributed by atoms with Gasteiger partial charge in [-0.25, -0.2) is 4.79 Å². The summed E-state index contributed by atoms with van der Waals surface area (Å²) in [4.78, 5) is 11.4. The van der Waals surface area contributed by atoms with Gasteiger partial charge in [0, 0.05) is 25.3 Å². The average Bonchev–Trinajstić information content (AvgIpc) is 2.56. The monoisotopic (exact) mass is 258 g/mol. The van der Waals surface area contributed by atoms with Crippen molar-refractivity contribution in [3.05, 3.63) is 21.9 Å². The van der Waals surface area contributed by atoms with E-state index >= 15 is 0 Å². The first-order valence-corrected chi connectivity index (χ1v) is 5.20. The molecule has 0 saturated carbocycles. The lowest BCUT2D eigenvalue weighted by molar-refractivity contribution is 0.0599. The molecule has 1 N–H and O–H groups in total. The molecule has 0 aromatic carbocycles. The predicted molar refractivity (Wildman–Crippen MR) is 55.2 cm³/mol. The predicted octanol–water partition coefficient (Wildman–Crippen LogP) is 1.14. The number of esters is 1. The van der Waals surface area contributed by atoms with Gasteiger partial charge in [-0.05, 0) is 22.0 Å². The van der Waals surface area contributed by atoms with Crippen molar-refractivity contribution < 1.29 is 9.53 Å². The molecular weight excluding hydrogens is 248 g/mol. The van der Waals surface area contributed by atoms with E-state index in [1.807, 2.05) is 6.07 Å². The Morgan fingerprint density at radius 2 is 2.50 bits per heavy atom. The fourth-order valence-electron chi connectivity index (χ4n) is 1.67. The number of rotatable bonds is 1. The van der Waals surface area contributed by atoms with Crippen LogP contribution < -0.4 is 5.32 Å². The molecule has 0 bridgehead atoms. The van der Waals surface area contributed by atoms with Gasteiger partial charge < -0.3 is 14.6 Å². The Morgan fingerprint density at radius 1 is 1.71 bits per heavy atom. The van der Waals surface area contributed by atoms with Crippen molar-refractivity contribution >= 4 is 21.9 Å². The van der Waals surface area contributed by atoms with E-state index in [-0.39, 0.29) is 5.97 Å². The summed E-state index contributed by atoms with van der Waals surface area (Å²) in [5.41, 5.74) is 1.64. The first kappa shape index (κ1) is 9.73. The molecule has 0 unspecified atom stereocenters. The Hall–Kier alpha value is -0.810. The molecule has 76 valence electrons. The maximum Gasteiger partial charge on any atom is 0.339 e. The number of carbonyl (C=O) groups is 1. The zero-order valence-electron chi connectivity index (χ0n) is 7.84. The second-order valence-corrected chi connectivity index (χ2v) is 3.96. The van der Waals surface area contributed by atoms with Crippen molar-refractivity contribution in [2.24, 2.45) is 0 Å². The van der Waals surface area contributed by atoms with Crippen LogP contribution in [0.5, 0.6) is 0 Å². The van der Waals surface area contributed by atoms with Crippen LogP contribution in [0.1, 0.15) is 16.1 Å². The molecule has 2 heterocycles. The van der Waals surface area contributed by atoms with Gasteiger partial charge in [0.15, 0.2) is 0 Å². The van der Waals surface area contributed by atoms with Crippen LogP contribution in [0.15, 0.2) is 10.7 Å². The number of nitrogens with one attached hydrogen (secondary N) is 1. The average molecular weight is 259 g/mol. The molecule has 1 aliphatic rings. The van der Waals surface area contributed by atoms with E-state index < -0.39 is 0 Å². The number of carbonyl (C=O) groups excluding carboxylic acids is 1. The summed E-state index contributed by atoms with van der Waals surface area (Å²) in [6.07, 6.45) is 0. The Kier molecular flexibility index (Phi) is 2.60. The molecule has 0 aliphatic carbocycles. The van der Waals surface area contributed by atoms with E-state index in [0.29, 0.717) is 5.56 Å². The summed E-state index contributed by atoms with van der Waals surface area (Å²) < 4.78 is 7.74. The molecule has 2 rings (SSSR count). The number of hydrogen-bond donors (Lipinski definition) is 1. The molecule has 0 spiro atoms. The minimum Gasteiger partial charge on any atom is -0.465 e. The zero-order valence-corrected chi connectivity index (χ0v) is 9.43. The summed E-state index contributed by atoms with van der Waals surface area (Å²) >= 11 is 3.43. The number of hydrogen-bond acceptors (Lipinski definition) is 3. The Bertz CT molecular complexity index is 373. The summed E-state index contributed by atoms with van der Waals surface area (Å²) in [7, 11) is 1.40. The van der Waals surface area contributed by atoms with Gasteiger partial charge in [-0.3, -0.25) is 0 Å². The molecule has 0 amide bonds. The maximum atomic E-state index is 11.4. The van der Waals surface area contributed by atoms with Crippen molar-refractivity contribution in [1.29, 1.82) is 0 Å². The zero-order chi connectivity index (χ0) is 10.1. The van der Waals surface area contributed by atoms with Crippen molar-refractivity contribution in [1.82, 2.24) is 9.88 Å². The topological polar surface area (TPSA) is 43.3 Å². The molecule has 1 aliphatic heterocycles. The third kappa shape index (κ3) is 1.46. The van der Waals surface area contributed by atoms with Gasteiger partial charge in [0.25, 0.3) is 0 Å². The summed E-state index contributed by atoms with van der Waals surface area (Å²) in [6.45, 7) is 2.53. The number of aromatic nitrogens is 1. The van der Waals surface area contributed by atoms with Crippen LogP contribution in [0.2, 0.25) is 0 Å². The number of fused-ring (bicyclic) bond motifs is 1. The second kappa shape index (κ2) is 3.74. The summed E-state index contributed by atoms with van der Waals surface area (Å²) in [6, 6.07) is 1.81. The summed E-state index contributed by atoms with van der Waals surface area (Å²) in [5, 5.41) is 3.22. The molecule has 1 aromatic rings. The van der Waals surface area contributed by atoms with Crippen molar-refractivity contribution in [2.45, 2.75) is 13.1 Å². The number of methoxy groups -OCH3 is 1. The maximum absolute atomic E-state index is 11.4. The lowest BCUT2D eigenvalue weighted by atomic mass is 10.2. The fourth-order valence-corrected chi connectivity index (χ4v) is 2.29. The standard InChI is InChI=1S/C9H11BrN2O2/c1-14-9(13)6-4-8(10)12-3-2-11-5-7(6)12/h4,11H,2-3,5H2,1H3. The molecule has 0 fully saturated rings. The molecule has 0 radical (unpaired) electrons. The highest BCUT2D eigenvalue weighted by atomic mass is 79.9. The van der Waals surface area contributed by atoms with E-state index in [4.69, 9.17) is 4.74 Å². The van der Waals surface area contributed by atoms with Crippen LogP contribution in [0, 0.1) is 0 Å².